The number of alkyl halides is 5. The van der Waals surface area contributed by atoms with Crippen LogP contribution in [0, 0.1) is 36.0 Å². The van der Waals surface area contributed by atoms with Crippen molar-refractivity contribution in [1.82, 2.24) is 4.98 Å². The molecule has 0 aliphatic carbocycles. The highest BCUT2D eigenvalue weighted by Gasteiger charge is 2.41. The van der Waals surface area contributed by atoms with Crippen LogP contribution in [0.15, 0.2) is 85.1 Å². The van der Waals surface area contributed by atoms with Gasteiger partial charge in [0.15, 0.2) is 11.6 Å². The SMILES string of the molecule is Cc1ccc(-c2cc(F)c(C(F)(F)Oc3ccc(-c4ccc(-c5ccc(OC(F)(F)F)c(F)c5)c(F)c4)c(F)c3)c(F)c2)nc1. The molecular weight excluding hydrogens is 620 g/mol. The molecule has 0 unspecified atom stereocenters. The molecule has 0 amide bonds. The number of halogens is 10. The van der Waals surface area contributed by atoms with Crippen molar-refractivity contribution in [3.8, 4) is 45.0 Å². The first kappa shape index (κ1) is 31.4. The predicted molar refractivity (Wildman–Crippen MR) is 143 cm³/mol. The van der Waals surface area contributed by atoms with E-state index in [9.17, 15) is 43.9 Å². The lowest BCUT2D eigenvalue weighted by Gasteiger charge is -2.20. The van der Waals surface area contributed by atoms with E-state index in [1.165, 1.54) is 18.3 Å². The number of pyridine rings is 1. The number of aromatic nitrogens is 1. The van der Waals surface area contributed by atoms with Crippen LogP contribution in [0.25, 0.3) is 33.5 Å². The van der Waals surface area contributed by atoms with Crippen LogP contribution in [0.2, 0.25) is 0 Å². The van der Waals surface area contributed by atoms with E-state index in [0.29, 0.717) is 30.3 Å². The first-order valence-electron chi connectivity index (χ1n) is 12.8. The Labute approximate surface area is 248 Å². The molecule has 5 aromatic rings. The van der Waals surface area contributed by atoms with Gasteiger partial charge in [0, 0.05) is 29.0 Å². The number of ether oxygens (including phenoxy) is 2. The molecular formula is C32H17F10NO2. The number of rotatable bonds is 7. The molecule has 5 rings (SSSR count). The standard InChI is InChI=1S/C32H17F10NO2/c1-16-2-8-28(43-15-16)19-12-26(36)30(27(37)13-19)31(38,39)44-20-5-7-22(24(34)14-20)17-3-6-21(23(33)10-17)18-4-9-29(25(35)11-18)45-32(40,41)42/h2-15H,1H3. The lowest BCUT2D eigenvalue weighted by atomic mass is 9.99. The summed E-state index contributed by atoms with van der Waals surface area (Å²) in [5, 5.41) is 0. The fourth-order valence-electron chi connectivity index (χ4n) is 4.42. The Morgan fingerprint density at radius 2 is 1.11 bits per heavy atom. The molecule has 0 atom stereocenters. The Balaban J connectivity index is 1.37. The van der Waals surface area contributed by atoms with Crippen molar-refractivity contribution in [3.05, 3.63) is 125 Å². The fraction of sp³-hybridized carbons (Fsp3) is 0.0938. The predicted octanol–water partition coefficient (Wildman–Crippen LogP) is 10.1. The number of hydrogen-bond donors (Lipinski definition) is 0. The highest BCUT2D eigenvalue weighted by Crippen LogP contribution is 2.39. The molecule has 45 heavy (non-hydrogen) atoms. The largest absolute Gasteiger partial charge is 0.573 e. The monoisotopic (exact) mass is 637 g/mol. The average Bonchev–Trinajstić information content (AvgIpc) is 2.93. The van der Waals surface area contributed by atoms with Gasteiger partial charge in [-0.3, -0.25) is 4.98 Å². The summed E-state index contributed by atoms with van der Waals surface area (Å²) in [7, 11) is 0. The van der Waals surface area contributed by atoms with Crippen molar-refractivity contribution in [3.63, 3.8) is 0 Å². The zero-order valence-electron chi connectivity index (χ0n) is 22.6. The Hall–Kier alpha value is -5.07. The van der Waals surface area contributed by atoms with Gasteiger partial charge in [0.1, 0.15) is 34.6 Å². The van der Waals surface area contributed by atoms with Gasteiger partial charge in [-0.25, -0.2) is 22.0 Å². The second-order valence-corrected chi connectivity index (χ2v) is 9.68. The Morgan fingerprint density at radius 1 is 0.556 bits per heavy atom. The van der Waals surface area contributed by atoms with E-state index in [-0.39, 0.29) is 33.5 Å². The highest BCUT2D eigenvalue weighted by atomic mass is 19.4. The molecule has 0 bridgehead atoms. The molecule has 0 fully saturated rings. The topological polar surface area (TPSA) is 31.4 Å². The van der Waals surface area contributed by atoms with E-state index in [0.717, 1.165) is 35.9 Å². The minimum Gasteiger partial charge on any atom is -0.429 e. The van der Waals surface area contributed by atoms with Gasteiger partial charge in [-0.2, -0.15) is 8.78 Å². The van der Waals surface area contributed by atoms with Gasteiger partial charge in [-0.1, -0.05) is 24.3 Å². The molecule has 0 aliphatic rings. The van der Waals surface area contributed by atoms with Crippen LogP contribution in [0.4, 0.5) is 43.9 Å². The third-order valence-electron chi connectivity index (χ3n) is 6.48. The van der Waals surface area contributed by atoms with Crippen molar-refractivity contribution >= 4 is 0 Å². The summed E-state index contributed by atoms with van der Waals surface area (Å²) >= 11 is 0. The minimum absolute atomic E-state index is 0.0954. The molecule has 0 spiro atoms. The van der Waals surface area contributed by atoms with Crippen molar-refractivity contribution in [1.29, 1.82) is 0 Å². The van der Waals surface area contributed by atoms with Crippen molar-refractivity contribution in [2.24, 2.45) is 0 Å². The second kappa shape index (κ2) is 11.8. The molecule has 3 nitrogen and oxygen atoms in total. The maximum Gasteiger partial charge on any atom is 0.573 e. The van der Waals surface area contributed by atoms with Crippen molar-refractivity contribution in [2.75, 3.05) is 0 Å². The normalized spacial score (nSPS) is 11.9. The van der Waals surface area contributed by atoms with Gasteiger partial charge in [0.25, 0.3) is 0 Å². The summed E-state index contributed by atoms with van der Waals surface area (Å²) in [6.07, 6.45) is -8.30. The van der Waals surface area contributed by atoms with Crippen molar-refractivity contribution < 1.29 is 53.4 Å². The molecule has 0 saturated carbocycles. The van der Waals surface area contributed by atoms with Crippen molar-refractivity contribution in [2.45, 2.75) is 19.4 Å². The minimum atomic E-state index is -5.15. The van der Waals surface area contributed by atoms with Crippen LogP contribution in [-0.4, -0.2) is 11.3 Å². The van der Waals surface area contributed by atoms with Gasteiger partial charge in [-0.15, -0.1) is 13.2 Å². The fourth-order valence-corrected chi connectivity index (χ4v) is 4.42. The molecule has 0 aliphatic heterocycles. The van der Waals surface area contributed by atoms with Crippen LogP contribution < -0.4 is 9.47 Å². The highest BCUT2D eigenvalue weighted by molar-refractivity contribution is 5.72. The molecule has 0 saturated heterocycles. The Kier molecular flexibility index (Phi) is 8.21. The molecule has 13 heteroatoms. The van der Waals surface area contributed by atoms with Crippen LogP contribution in [0.3, 0.4) is 0 Å². The summed E-state index contributed by atoms with van der Waals surface area (Å²) in [4.78, 5) is 4.00. The lowest BCUT2D eigenvalue weighted by molar-refractivity contribution is -0.275. The number of benzene rings is 4. The quantitative estimate of drug-likeness (QED) is 0.167. The second-order valence-electron chi connectivity index (χ2n) is 9.68. The van der Waals surface area contributed by atoms with E-state index in [1.807, 2.05) is 0 Å². The summed E-state index contributed by atoms with van der Waals surface area (Å²) in [5.74, 6) is -8.79. The number of aryl methyl sites for hydroxylation is 1. The summed E-state index contributed by atoms with van der Waals surface area (Å²) in [6.45, 7) is 1.73. The third-order valence-corrected chi connectivity index (χ3v) is 6.48. The molecule has 4 aromatic carbocycles. The number of hydrogen-bond acceptors (Lipinski definition) is 3. The maximum atomic E-state index is 15.0. The van der Waals surface area contributed by atoms with Gasteiger partial charge < -0.3 is 9.47 Å². The van der Waals surface area contributed by atoms with Crippen LogP contribution >= 0.6 is 0 Å². The van der Waals surface area contributed by atoms with E-state index in [1.54, 1.807) is 13.0 Å². The van der Waals surface area contributed by atoms with Gasteiger partial charge in [-0.05, 0) is 72.1 Å². The molecule has 0 radical (unpaired) electrons. The molecule has 232 valence electrons. The lowest BCUT2D eigenvalue weighted by Crippen LogP contribution is -2.25. The zero-order chi connectivity index (χ0) is 32.7. The van der Waals surface area contributed by atoms with E-state index < -0.39 is 58.6 Å². The Morgan fingerprint density at radius 3 is 1.64 bits per heavy atom. The third kappa shape index (κ3) is 6.87. The van der Waals surface area contributed by atoms with Gasteiger partial charge in [0.2, 0.25) is 0 Å². The first-order valence-corrected chi connectivity index (χ1v) is 12.8. The summed E-state index contributed by atoms with van der Waals surface area (Å²) < 4.78 is 148. The first-order chi connectivity index (χ1) is 21.1. The van der Waals surface area contributed by atoms with E-state index in [2.05, 4.69) is 14.5 Å². The van der Waals surface area contributed by atoms with E-state index in [4.69, 9.17) is 0 Å². The average molecular weight is 637 g/mol. The molecule has 0 N–H and O–H groups in total. The zero-order valence-corrected chi connectivity index (χ0v) is 22.6. The summed E-state index contributed by atoms with van der Waals surface area (Å²) in [5.41, 5.74) is -1.70. The molecule has 1 heterocycles. The number of nitrogens with zero attached hydrogens (tertiary/aromatic N) is 1. The maximum absolute atomic E-state index is 15.0. The summed E-state index contributed by atoms with van der Waals surface area (Å²) in [6, 6.07) is 12.1. The van der Waals surface area contributed by atoms with E-state index >= 15 is 0 Å². The van der Waals surface area contributed by atoms with Crippen LogP contribution in [0.5, 0.6) is 11.5 Å². The molecule has 1 aromatic heterocycles. The smallest absolute Gasteiger partial charge is 0.429 e. The van der Waals surface area contributed by atoms with Crippen LogP contribution in [-0.2, 0) is 6.11 Å². The van der Waals surface area contributed by atoms with Crippen LogP contribution in [0.1, 0.15) is 11.1 Å². The Bertz CT molecular complexity index is 1870. The van der Waals surface area contributed by atoms with Gasteiger partial charge in [0.05, 0.1) is 5.69 Å². The van der Waals surface area contributed by atoms with Gasteiger partial charge >= 0.3 is 12.5 Å².